The first-order chi connectivity index (χ1) is 33.3. The molecule has 0 unspecified atom stereocenters. The number of aromatic nitrogens is 5. The number of nitrogens with zero attached hydrogens (tertiary/aromatic N) is 5. The van der Waals surface area contributed by atoms with E-state index in [4.69, 9.17) is 15.0 Å². The molecule has 0 spiro atoms. The Hall–Kier alpha value is -4.33. The first-order valence-corrected chi connectivity index (χ1v) is 25.1. The van der Waals surface area contributed by atoms with Crippen molar-refractivity contribution >= 4 is 43.6 Å². The quantitative estimate of drug-likeness (QED) is 0.177. The minimum Gasteiger partial charge on any atom is -0.307 e. The first kappa shape index (κ1) is 68.9. The third-order valence-electron chi connectivity index (χ3n) is 8.78. The van der Waals surface area contributed by atoms with Crippen LogP contribution in [0.4, 0.5) is 0 Å². The Labute approximate surface area is 478 Å². The average molecular weight is 978 g/mol. The van der Waals surface area contributed by atoms with Crippen LogP contribution < -0.4 is 0 Å². The largest absolute Gasteiger partial charge is 0.307 e. The normalized spacial score (nSPS) is 8.71. The third-order valence-corrected chi connectivity index (χ3v) is 8.78. The van der Waals surface area contributed by atoms with Gasteiger partial charge < -0.3 is 4.57 Å². The fourth-order valence-corrected chi connectivity index (χ4v) is 6.61. The van der Waals surface area contributed by atoms with Crippen molar-refractivity contribution in [3.63, 3.8) is 0 Å². The summed E-state index contributed by atoms with van der Waals surface area (Å²) in [5, 5.41) is 4.74. The molecule has 5 nitrogen and oxygen atoms in total. The molecule has 7 heteroatoms. The Bertz CT molecular complexity index is 2610. The fraction of sp³-hybridized carbons (Fsp3) is 0.274. The minimum atomic E-state index is 0. The van der Waals surface area contributed by atoms with Crippen molar-refractivity contribution in [1.82, 2.24) is 24.1 Å². The molecule has 3 aromatic heterocycles. The summed E-state index contributed by atoms with van der Waals surface area (Å²) in [4.78, 5) is 14.6. The van der Waals surface area contributed by atoms with Gasteiger partial charge in [0.2, 0.25) is 5.95 Å². The number of benzene rings is 7. The molecule has 0 fully saturated rings. The minimum absolute atomic E-state index is 0. The maximum absolute atomic E-state index is 5.04. The Balaban J connectivity index is -0.00000122. The fourth-order valence-electron chi connectivity index (χ4n) is 6.61. The van der Waals surface area contributed by atoms with E-state index in [2.05, 4.69) is 100 Å². The van der Waals surface area contributed by atoms with Crippen LogP contribution in [0.2, 0.25) is 0 Å². The molecule has 372 valence electrons. The first-order valence-electron chi connectivity index (χ1n) is 25.1. The van der Waals surface area contributed by atoms with Gasteiger partial charge in [-0.3, -0.25) is 4.57 Å². The predicted molar refractivity (Wildman–Crippen MR) is 302 cm³/mol. The molecule has 10 aromatic rings. The van der Waals surface area contributed by atoms with Gasteiger partial charge in [-0.25, -0.2) is 4.98 Å². The number of fused-ring (bicyclic) bond motifs is 7. The molecular formula is C62H83Ar2N5. The van der Waals surface area contributed by atoms with Crippen LogP contribution >= 0.6 is 0 Å². The van der Waals surface area contributed by atoms with E-state index in [0.717, 1.165) is 33.2 Å². The van der Waals surface area contributed by atoms with E-state index in [1.54, 1.807) is 0 Å². The van der Waals surface area contributed by atoms with Gasteiger partial charge in [0, 0.05) is 108 Å². The number of para-hydroxylation sites is 3. The van der Waals surface area contributed by atoms with Crippen molar-refractivity contribution in [1.29, 1.82) is 0 Å². The Morgan fingerprint density at radius 1 is 0.290 bits per heavy atom. The van der Waals surface area contributed by atoms with Crippen LogP contribution in [-0.4, -0.2) is 24.1 Å². The van der Waals surface area contributed by atoms with Crippen LogP contribution in [0.25, 0.3) is 66.6 Å². The maximum Gasteiger partial charge on any atom is 0.238 e. The van der Waals surface area contributed by atoms with Gasteiger partial charge in [-0.05, 0) is 31.2 Å². The van der Waals surface area contributed by atoms with Crippen molar-refractivity contribution in [3.05, 3.63) is 200 Å². The van der Waals surface area contributed by atoms with Gasteiger partial charge in [-0.1, -0.05) is 281 Å². The molecule has 7 aromatic carbocycles. The molecule has 0 saturated carbocycles. The zero-order chi connectivity index (χ0) is 50.4. The van der Waals surface area contributed by atoms with Crippen molar-refractivity contribution in [2.75, 3.05) is 0 Å². The van der Waals surface area contributed by atoms with Crippen molar-refractivity contribution in [2.24, 2.45) is 0 Å². The summed E-state index contributed by atoms with van der Waals surface area (Å²) in [6.07, 6.45) is 0. The van der Waals surface area contributed by atoms with E-state index in [1.807, 2.05) is 221 Å². The standard InChI is InChI=1S/C34H23N5.2C6H6.8C2H6.2Ar/c1-22-35-33(23-12-4-2-5-13-23)37-34(36-22)39-30-19-11-9-17-26(30)28-21-20-27-25-16-8-10-18-29(25)38(31(27)32(28)39)24-14-6-3-7-15-24;2*1-2-4-6-5-3-1;8*1-2;;/h2-21H,1H3;2*1-6H;8*1-2H3;;. The zero-order valence-electron chi connectivity index (χ0n) is 44.9. The number of aryl methyl sites for hydroxylation is 1. The predicted octanol–water partition coefficient (Wildman–Crippen LogP) is 19.6. The number of hydrogen-bond acceptors (Lipinski definition) is 3. The molecule has 0 amide bonds. The van der Waals surface area contributed by atoms with E-state index < -0.39 is 0 Å². The second kappa shape index (κ2) is 43.7. The van der Waals surface area contributed by atoms with Crippen LogP contribution in [0.15, 0.2) is 194 Å². The van der Waals surface area contributed by atoms with Gasteiger partial charge in [0.05, 0.1) is 22.1 Å². The SMILES string of the molecule is CC.CC.CC.CC.CC.CC.CC.CC.Cc1nc(-c2ccccc2)nc(-n2c3ccccc3c3ccc4c5ccccc5n(-c5ccccc5)c4c32)n1.[Ar].[Ar].c1ccccc1.c1ccccc1. The third kappa shape index (κ3) is 19.8. The molecule has 10 rings (SSSR count). The summed E-state index contributed by atoms with van der Waals surface area (Å²) >= 11 is 0. The molecule has 0 aliphatic rings. The van der Waals surface area contributed by atoms with Gasteiger partial charge in [0.15, 0.2) is 5.82 Å². The number of hydrogen-bond donors (Lipinski definition) is 0. The molecular weight excluding hydrogens is 895 g/mol. The summed E-state index contributed by atoms with van der Waals surface area (Å²) in [5.74, 6) is 1.96. The summed E-state index contributed by atoms with van der Waals surface area (Å²) < 4.78 is 4.58. The van der Waals surface area contributed by atoms with Crippen molar-refractivity contribution in [3.8, 4) is 23.0 Å². The summed E-state index contributed by atoms with van der Waals surface area (Å²) in [5.41, 5.74) is 6.53. The molecule has 0 bridgehead atoms. The Morgan fingerprint density at radius 2 is 0.594 bits per heavy atom. The molecule has 0 radical (unpaired) electrons. The zero-order valence-corrected chi connectivity index (χ0v) is 46.3. The van der Waals surface area contributed by atoms with E-state index in [-0.39, 0.29) is 75.5 Å². The molecule has 0 N–H and O–H groups in total. The van der Waals surface area contributed by atoms with E-state index in [0.29, 0.717) is 17.6 Å². The van der Waals surface area contributed by atoms with Crippen LogP contribution in [0.3, 0.4) is 0 Å². The molecule has 0 saturated heterocycles. The molecule has 0 aliphatic carbocycles. The second-order valence-electron chi connectivity index (χ2n) is 12.1. The van der Waals surface area contributed by atoms with Gasteiger partial charge in [0.25, 0.3) is 0 Å². The summed E-state index contributed by atoms with van der Waals surface area (Å²) in [7, 11) is 0. The second-order valence-corrected chi connectivity index (χ2v) is 12.1. The van der Waals surface area contributed by atoms with Crippen LogP contribution in [0.1, 0.15) is 117 Å². The molecule has 0 aliphatic heterocycles. The smallest absolute Gasteiger partial charge is 0.238 e. The van der Waals surface area contributed by atoms with Crippen molar-refractivity contribution < 1.29 is 75.5 Å². The van der Waals surface area contributed by atoms with Crippen LogP contribution in [0.5, 0.6) is 0 Å². The average Bonchev–Trinajstić information content (AvgIpc) is 3.98. The molecule has 69 heavy (non-hydrogen) atoms. The van der Waals surface area contributed by atoms with E-state index >= 15 is 0 Å². The van der Waals surface area contributed by atoms with E-state index in [1.165, 1.54) is 21.7 Å². The van der Waals surface area contributed by atoms with Crippen LogP contribution in [0, 0.1) is 82.4 Å². The molecule has 3 heterocycles. The monoisotopic (exact) mass is 978 g/mol. The van der Waals surface area contributed by atoms with Crippen LogP contribution in [-0.2, 0) is 0 Å². The van der Waals surface area contributed by atoms with Gasteiger partial charge >= 0.3 is 0 Å². The van der Waals surface area contributed by atoms with Gasteiger partial charge in [-0.15, -0.1) is 0 Å². The Morgan fingerprint density at radius 3 is 0.986 bits per heavy atom. The summed E-state index contributed by atoms with van der Waals surface area (Å²) in [6, 6.07) is 66.3. The van der Waals surface area contributed by atoms with Gasteiger partial charge in [0.1, 0.15) is 5.82 Å². The van der Waals surface area contributed by atoms with Crippen molar-refractivity contribution in [2.45, 2.75) is 118 Å². The van der Waals surface area contributed by atoms with E-state index in [9.17, 15) is 0 Å². The van der Waals surface area contributed by atoms with Gasteiger partial charge in [-0.2, -0.15) is 9.97 Å². The maximum atomic E-state index is 5.04. The number of rotatable bonds is 3. The molecule has 0 atom stereocenters. The topological polar surface area (TPSA) is 48.5 Å². The summed E-state index contributed by atoms with van der Waals surface area (Å²) in [6.45, 7) is 33.9. The Kier molecular flexibility index (Phi) is 43.6.